The summed E-state index contributed by atoms with van der Waals surface area (Å²) < 4.78 is 10.9. The van der Waals surface area contributed by atoms with Crippen LogP contribution in [0.15, 0.2) is 77.8 Å². The number of halogens is 1. The maximum atomic E-state index is 13.5. The van der Waals surface area contributed by atoms with Gasteiger partial charge in [-0.3, -0.25) is 9.79 Å². The molecule has 32 heavy (non-hydrogen) atoms. The zero-order chi connectivity index (χ0) is 22.7. The Morgan fingerprint density at radius 1 is 1.03 bits per heavy atom. The van der Waals surface area contributed by atoms with Crippen LogP contribution < -0.4 is 10.1 Å². The molecule has 0 saturated carbocycles. The molecule has 1 aliphatic rings. The van der Waals surface area contributed by atoms with E-state index in [0.717, 1.165) is 28.3 Å². The molecule has 164 valence electrons. The molecule has 0 bridgehead atoms. The van der Waals surface area contributed by atoms with Crippen LogP contribution in [-0.4, -0.2) is 25.4 Å². The number of methoxy groups -OCH3 is 1. The van der Waals surface area contributed by atoms with Crippen molar-refractivity contribution in [3.63, 3.8) is 0 Å². The van der Waals surface area contributed by atoms with Crippen molar-refractivity contribution in [1.29, 1.82) is 0 Å². The summed E-state index contributed by atoms with van der Waals surface area (Å²) in [5, 5.41) is 4.30. The smallest absolute Gasteiger partial charge is 0.317 e. The number of esters is 1. The molecule has 1 N–H and O–H groups in total. The van der Waals surface area contributed by atoms with Crippen LogP contribution in [0.3, 0.4) is 0 Å². The van der Waals surface area contributed by atoms with Crippen LogP contribution >= 0.6 is 11.6 Å². The minimum absolute atomic E-state index is 0.273. The number of nitrogens with zero attached hydrogens (tertiary/aromatic N) is 1. The summed E-state index contributed by atoms with van der Waals surface area (Å²) in [6, 6.07) is 23.0. The van der Waals surface area contributed by atoms with E-state index in [-0.39, 0.29) is 12.6 Å². The van der Waals surface area contributed by atoms with Crippen molar-refractivity contribution >= 4 is 34.7 Å². The number of hydrogen-bond donors (Lipinski definition) is 1. The van der Waals surface area contributed by atoms with Gasteiger partial charge in [0.15, 0.2) is 0 Å². The summed E-state index contributed by atoms with van der Waals surface area (Å²) in [7, 11) is 1.63. The molecular weight excluding hydrogens is 424 g/mol. The van der Waals surface area contributed by atoms with E-state index in [1.54, 1.807) is 14.0 Å². The second kappa shape index (κ2) is 9.05. The monoisotopic (exact) mass is 448 g/mol. The molecule has 1 heterocycles. The predicted molar refractivity (Wildman–Crippen MR) is 128 cm³/mol. The van der Waals surface area contributed by atoms with E-state index in [2.05, 4.69) is 5.32 Å². The van der Waals surface area contributed by atoms with Gasteiger partial charge in [0.2, 0.25) is 0 Å². The Kier molecular flexibility index (Phi) is 6.19. The lowest BCUT2D eigenvalue weighted by molar-refractivity contribution is -0.146. The SMILES string of the molecule is CCOC(=O)C1C(C)=Nc2ccccc2NC1(c1ccc(Cl)cc1)c1ccc(OC)cc1. The van der Waals surface area contributed by atoms with E-state index in [4.69, 9.17) is 26.1 Å². The number of aliphatic imine (C=N–C) groups is 1. The first kappa shape index (κ1) is 21.9. The number of ether oxygens (including phenoxy) is 2. The second-order valence-corrected chi connectivity index (χ2v) is 8.06. The van der Waals surface area contributed by atoms with Gasteiger partial charge in [0, 0.05) is 10.7 Å². The van der Waals surface area contributed by atoms with Gasteiger partial charge in [-0.05, 0) is 61.4 Å². The maximum Gasteiger partial charge on any atom is 0.317 e. The number of para-hydroxylation sites is 2. The molecule has 1 aliphatic heterocycles. The molecule has 0 saturated heterocycles. The first-order chi connectivity index (χ1) is 15.5. The summed E-state index contributed by atoms with van der Waals surface area (Å²) in [6.45, 7) is 3.95. The Labute approximate surface area is 193 Å². The Hall–Kier alpha value is -3.31. The van der Waals surface area contributed by atoms with Gasteiger partial charge in [0.05, 0.1) is 25.1 Å². The first-order valence-corrected chi connectivity index (χ1v) is 10.9. The number of benzene rings is 3. The van der Waals surface area contributed by atoms with Crippen molar-refractivity contribution in [3.05, 3.63) is 88.9 Å². The largest absolute Gasteiger partial charge is 0.497 e. The first-order valence-electron chi connectivity index (χ1n) is 10.5. The normalized spacial score (nSPS) is 19.8. The van der Waals surface area contributed by atoms with Crippen molar-refractivity contribution in [3.8, 4) is 5.75 Å². The number of fused-ring (bicyclic) bond motifs is 1. The second-order valence-electron chi connectivity index (χ2n) is 7.62. The third kappa shape index (κ3) is 3.84. The molecule has 3 aromatic rings. The average molecular weight is 449 g/mol. The lowest BCUT2D eigenvalue weighted by atomic mass is 9.71. The fourth-order valence-corrected chi connectivity index (χ4v) is 4.44. The molecule has 0 aliphatic carbocycles. The van der Waals surface area contributed by atoms with Crippen LogP contribution in [0, 0.1) is 5.92 Å². The fourth-order valence-electron chi connectivity index (χ4n) is 4.31. The molecule has 6 heteroatoms. The average Bonchev–Trinajstić information content (AvgIpc) is 2.93. The molecule has 5 nitrogen and oxygen atoms in total. The van der Waals surface area contributed by atoms with Gasteiger partial charge in [0.25, 0.3) is 0 Å². The summed E-state index contributed by atoms with van der Waals surface area (Å²) in [4.78, 5) is 18.3. The molecule has 2 unspecified atom stereocenters. The van der Waals surface area contributed by atoms with E-state index in [1.165, 1.54) is 0 Å². The Balaban J connectivity index is 2.05. The zero-order valence-electron chi connectivity index (χ0n) is 18.3. The van der Waals surface area contributed by atoms with Gasteiger partial charge in [-0.15, -0.1) is 0 Å². The Morgan fingerprint density at radius 3 is 2.28 bits per heavy atom. The summed E-state index contributed by atoms with van der Waals surface area (Å²) in [5.41, 5.74) is 3.02. The quantitative estimate of drug-likeness (QED) is 0.487. The molecule has 0 spiro atoms. The minimum Gasteiger partial charge on any atom is -0.497 e. The number of nitrogens with one attached hydrogen (secondary N) is 1. The van der Waals surface area contributed by atoms with Crippen LogP contribution in [0.25, 0.3) is 0 Å². The Bertz CT molecular complexity index is 1140. The summed E-state index contributed by atoms with van der Waals surface area (Å²) in [5.74, 6) is -0.337. The molecular formula is C26H25ClN2O3. The van der Waals surface area contributed by atoms with E-state index in [1.807, 2.05) is 79.7 Å². The topological polar surface area (TPSA) is 59.9 Å². The predicted octanol–water partition coefficient (Wildman–Crippen LogP) is 5.99. The third-order valence-electron chi connectivity index (χ3n) is 5.75. The minimum atomic E-state index is -0.983. The number of carbonyl (C=O) groups is 1. The zero-order valence-corrected chi connectivity index (χ0v) is 19.0. The highest BCUT2D eigenvalue weighted by atomic mass is 35.5. The summed E-state index contributed by atoms with van der Waals surface area (Å²) in [6.07, 6.45) is 0. The van der Waals surface area contributed by atoms with Gasteiger partial charge in [-0.25, -0.2) is 0 Å². The van der Waals surface area contributed by atoms with Crippen molar-refractivity contribution in [2.24, 2.45) is 10.9 Å². The number of carbonyl (C=O) groups excluding carboxylic acids is 1. The van der Waals surface area contributed by atoms with Crippen LogP contribution in [0.1, 0.15) is 25.0 Å². The van der Waals surface area contributed by atoms with Gasteiger partial charge >= 0.3 is 5.97 Å². The van der Waals surface area contributed by atoms with Gasteiger partial charge in [0.1, 0.15) is 17.2 Å². The van der Waals surface area contributed by atoms with Crippen molar-refractivity contribution in [1.82, 2.24) is 0 Å². The molecule has 0 amide bonds. The molecule has 0 radical (unpaired) electrons. The van der Waals surface area contributed by atoms with Crippen LogP contribution in [0.4, 0.5) is 11.4 Å². The lowest BCUT2D eigenvalue weighted by Gasteiger charge is -2.41. The fraction of sp³-hybridized carbons (Fsp3) is 0.231. The van der Waals surface area contributed by atoms with Crippen molar-refractivity contribution in [2.45, 2.75) is 19.4 Å². The summed E-state index contributed by atoms with van der Waals surface area (Å²) >= 11 is 6.22. The number of rotatable bonds is 5. The van der Waals surface area contributed by atoms with Crippen LogP contribution in [-0.2, 0) is 15.1 Å². The Morgan fingerprint density at radius 2 is 1.66 bits per heavy atom. The molecule has 2 atom stereocenters. The van der Waals surface area contributed by atoms with Gasteiger partial charge in [-0.1, -0.05) is 48.0 Å². The van der Waals surface area contributed by atoms with E-state index < -0.39 is 11.5 Å². The molecule has 0 fully saturated rings. The standard InChI is InChI=1S/C26H25ClN2O3/c1-4-32-25(30)24-17(2)28-22-7-5-6-8-23(22)29-26(24,18-9-13-20(27)14-10-18)19-11-15-21(31-3)16-12-19/h5-16,24,29H,4H2,1-3H3. The highest BCUT2D eigenvalue weighted by molar-refractivity contribution is 6.30. The van der Waals surface area contributed by atoms with Gasteiger partial charge in [-0.2, -0.15) is 0 Å². The van der Waals surface area contributed by atoms with Crippen LogP contribution in [0.2, 0.25) is 5.02 Å². The highest BCUT2D eigenvalue weighted by Gasteiger charge is 2.50. The van der Waals surface area contributed by atoms with Crippen molar-refractivity contribution in [2.75, 3.05) is 19.0 Å². The molecule has 3 aromatic carbocycles. The van der Waals surface area contributed by atoms with Crippen molar-refractivity contribution < 1.29 is 14.3 Å². The third-order valence-corrected chi connectivity index (χ3v) is 6.00. The molecule has 0 aromatic heterocycles. The highest BCUT2D eigenvalue weighted by Crippen LogP contribution is 2.46. The number of anilines is 1. The maximum absolute atomic E-state index is 13.5. The van der Waals surface area contributed by atoms with Gasteiger partial charge < -0.3 is 14.8 Å². The van der Waals surface area contributed by atoms with E-state index >= 15 is 0 Å². The number of hydrogen-bond acceptors (Lipinski definition) is 5. The molecule has 4 rings (SSSR count). The lowest BCUT2D eigenvalue weighted by Crippen LogP contribution is -2.50. The van der Waals surface area contributed by atoms with Crippen LogP contribution in [0.5, 0.6) is 5.75 Å². The van der Waals surface area contributed by atoms with E-state index in [9.17, 15) is 4.79 Å². The van der Waals surface area contributed by atoms with E-state index in [0.29, 0.717) is 10.7 Å².